The fourth-order valence-electron chi connectivity index (χ4n) is 2.69. The molecule has 0 aromatic carbocycles. The summed E-state index contributed by atoms with van der Waals surface area (Å²) in [6, 6.07) is 1.78. The van der Waals surface area contributed by atoms with Gasteiger partial charge in [-0.1, -0.05) is 43.7 Å². The molecule has 1 heterocycles. The summed E-state index contributed by atoms with van der Waals surface area (Å²) in [5.41, 5.74) is 0. The highest BCUT2D eigenvalue weighted by Gasteiger charge is 2.13. The van der Waals surface area contributed by atoms with Crippen LogP contribution in [0.3, 0.4) is 0 Å². The smallest absolute Gasteiger partial charge is 0.158 e. The minimum absolute atomic E-state index is 0.411. The van der Waals surface area contributed by atoms with Crippen LogP contribution in [0.25, 0.3) is 0 Å². The molecular weight excluding hydrogens is 274 g/mol. The van der Waals surface area contributed by atoms with Crippen LogP contribution in [0.1, 0.15) is 51.3 Å². The number of nitrogens with one attached hydrogen (secondary N) is 1. The molecule has 5 heteroatoms. The highest BCUT2D eigenvalue weighted by molar-refractivity contribution is 6.29. The Morgan fingerprint density at radius 2 is 2.10 bits per heavy atom. The number of anilines is 1. The molecule has 0 amide bonds. The summed E-state index contributed by atoms with van der Waals surface area (Å²) in [6.45, 7) is 3.97. The number of aromatic nitrogens is 2. The van der Waals surface area contributed by atoms with Crippen molar-refractivity contribution in [2.45, 2.75) is 52.1 Å². The van der Waals surface area contributed by atoms with Crippen LogP contribution >= 0.6 is 11.6 Å². The third-order valence-corrected chi connectivity index (χ3v) is 3.95. The van der Waals surface area contributed by atoms with Crippen LogP contribution in [0.15, 0.2) is 6.07 Å². The monoisotopic (exact) mass is 297 g/mol. The fraction of sp³-hybridized carbons (Fsp3) is 0.733. The first-order chi connectivity index (χ1) is 9.78. The third kappa shape index (κ3) is 5.25. The van der Waals surface area contributed by atoms with Crippen molar-refractivity contribution in [2.24, 2.45) is 5.92 Å². The van der Waals surface area contributed by atoms with Crippen molar-refractivity contribution in [1.29, 1.82) is 0 Å². The van der Waals surface area contributed by atoms with Gasteiger partial charge in [0.15, 0.2) is 5.82 Å². The molecule has 0 bridgehead atoms. The van der Waals surface area contributed by atoms with E-state index in [4.69, 9.17) is 16.3 Å². The van der Waals surface area contributed by atoms with Crippen LogP contribution in [0.2, 0.25) is 5.15 Å². The van der Waals surface area contributed by atoms with Gasteiger partial charge in [0.05, 0.1) is 0 Å². The first kappa shape index (κ1) is 15.5. The van der Waals surface area contributed by atoms with E-state index in [2.05, 4.69) is 15.3 Å². The van der Waals surface area contributed by atoms with Gasteiger partial charge >= 0.3 is 0 Å². The SMILES string of the molecule is CCOCc1nc(Cl)cc(NCCC2CCCCC2)n1. The van der Waals surface area contributed by atoms with Gasteiger partial charge in [0.1, 0.15) is 17.6 Å². The standard InChI is InChI=1S/C15H24ClN3O/c1-2-20-11-15-18-13(16)10-14(19-15)17-9-8-12-6-4-3-5-7-12/h10,12H,2-9,11H2,1H3,(H,17,18,19). The van der Waals surface area contributed by atoms with E-state index in [1.165, 1.54) is 38.5 Å². The average Bonchev–Trinajstić information content (AvgIpc) is 2.46. The third-order valence-electron chi connectivity index (χ3n) is 3.76. The van der Waals surface area contributed by atoms with E-state index in [0.717, 1.165) is 18.3 Å². The summed E-state index contributed by atoms with van der Waals surface area (Å²) in [5.74, 6) is 2.31. The van der Waals surface area contributed by atoms with E-state index < -0.39 is 0 Å². The summed E-state index contributed by atoms with van der Waals surface area (Å²) in [4.78, 5) is 8.58. The van der Waals surface area contributed by atoms with Crippen molar-refractivity contribution in [3.63, 3.8) is 0 Å². The Morgan fingerprint density at radius 1 is 1.30 bits per heavy atom. The Balaban J connectivity index is 1.80. The van der Waals surface area contributed by atoms with Gasteiger partial charge in [-0.15, -0.1) is 0 Å². The molecule has 1 aromatic heterocycles. The molecule has 0 saturated heterocycles. The zero-order valence-corrected chi connectivity index (χ0v) is 13.0. The summed E-state index contributed by atoms with van der Waals surface area (Å²) >= 11 is 6.01. The van der Waals surface area contributed by atoms with Gasteiger partial charge in [0.25, 0.3) is 0 Å². The number of rotatable bonds is 7. The molecule has 112 valence electrons. The minimum atomic E-state index is 0.411. The second-order valence-corrected chi connectivity index (χ2v) is 5.74. The van der Waals surface area contributed by atoms with Gasteiger partial charge in [-0.3, -0.25) is 0 Å². The quantitative estimate of drug-likeness (QED) is 0.771. The molecule has 20 heavy (non-hydrogen) atoms. The summed E-state index contributed by atoms with van der Waals surface area (Å²) in [6.07, 6.45) is 8.16. The van der Waals surface area contributed by atoms with Crippen molar-refractivity contribution in [3.8, 4) is 0 Å². The van der Waals surface area contributed by atoms with Gasteiger partial charge in [-0.25, -0.2) is 9.97 Å². The number of halogens is 1. The van der Waals surface area contributed by atoms with Crippen LogP contribution in [-0.4, -0.2) is 23.1 Å². The van der Waals surface area contributed by atoms with Gasteiger partial charge in [0.2, 0.25) is 0 Å². The highest BCUT2D eigenvalue weighted by atomic mass is 35.5. The molecule has 2 rings (SSSR count). The molecule has 0 unspecified atom stereocenters. The maximum absolute atomic E-state index is 6.01. The van der Waals surface area contributed by atoms with Crippen LogP contribution in [0, 0.1) is 5.92 Å². The summed E-state index contributed by atoms with van der Waals surface area (Å²) in [7, 11) is 0. The second-order valence-electron chi connectivity index (χ2n) is 5.35. The number of hydrogen-bond donors (Lipinski definition) is 1. The van der Waals surface area contributed by atoms with Crippen molar-refractivity contribution >= 4 is 17.4 Å². The second kappa shape index (κ2) is 8.42. The number of hydrogen-bond acceptors (Lipinski definition) is 4. The largest absolute Gasteiger partial charge is 0.374 e. The van der Waals surface area contributed by atoms with Crippen LogP contribution < -0.4 is 5.32 Å². The van der Waals surface area contributed by atoms with Crippen LogP contribution in [0.4, 0.5) is 5.82 Å². The molecule has 4 nitrogen and oxygen atoms in total. The Labute approximate surface area is 126 Å². The van der Waals surface area contributed by atoms with E-state index >= 15 is 0 Å². The average molecular weight is 298 g/mol. The van der Waals surface area contributed by atoms with E-state index in [1.807, 2.05) is 6.92 Å². The van der Waals surface area contributed by atoms with Crippen molar-refractivity contribution in [1.82, 2.24) is 9.97 Å². The molecule has 0 atom stereocenters. The molecule has 1 N–H and O–H groups in total. The van der Waals surface area contributed by atoms with Gasteiger partial charge < -0.3 is 10.1 Å². The molecule has 1 fully saturated rings. The molecule has 1 aromatic rings. The molecule has 1 aliphatic rings. The first-order valence-corrected chi connectivity index (χ1v) is 8.01. The molecule has 0 aliphatic heterocycles. The van der Waals surface area contributed by atoms with E-state index in [9.17, 15) is 0 Å². The Kier molecular flexibility index (Phi) is 6.54. The van der Waals surface area contributed by atoms with Crippen molar-refractivity contribution in [2.75, 3.05) is 18.5 Å². The van der Waals surface area contributed by atoms with E-state index in [-0.39, 0.29) is 0 Å². The fourth-order valence-corrected chi connectivity index (χ4v) is 2.89. The molecular formula is C15H24ClN3O. The van der Waals surface area contributed by atoms with E-state index in [0.29, 0.717) is 24.2 Å². The molecule has 0 spiro atoms. The predicted molar refractivity (Wildman–Crippen MR) is 82.1 cm³/mol. The zero-order chi connectivity index (χ0) is 14.2. The van der Waals surface area contributed by atoms with E-state index in [1.54, 1.807) is 6.07 Å². The van der Waals surface area contributed by atoms with Gasteiger partial charge in [0, 0.05) is 19.2 Å². The Hall–Kier alpha value is -0.870. The van der Waals surface area contributed by atoms with Crippen molar-refractivity contribution in [3.05, 3.63) is 17.0 Å². The maximum Gasteiger partial charge on any atom is 0.158 e. The molecule has 0 radical (unpaired) electrons. The lowest BCUT2D eigenvalue weighted by atomic mass is 9.87. The lowest BCUT2D eigenvalue weighted by Crippen LogP contribution is -2.13. The number of ether oxygens (including phenoxy) is 1. The molecule has 1 saturated carbocycles. The summed E-state index contributed by atoms with van der Waals surface area (Å²) < 4.78 is 5.32. The Morgan fingerprint density at radius 3 is 2.85 bits per heavy atom. The first-order valence-electron chi connectivity index (χ1n) is 7.63. The summed E-state index contributed by atoms with van der Waals surface area (Å²) in [5, 5.41) is 3.83. The van der Waals surface area contributed by atoms with Crippen LogP contribution in [0.5, 0.6) is 0 Å². The zero-order valence-electron chi connectivity index (χ0n) is 12.2. The van der Waals surface area contributed by atoms with Crippen LogP contribution in [-0.2, 0) is 11.3 Å². The van der Waals surface area contributed by atoms with Gasteiger partial charge in [-0.05, 0) is 19.3 Å². The predicted octanol–water partition coefficient (Wildman–Crippen LogP) is 4.05. The highest BCUT2D eigenvalue weighted by Crippen LogP contribution is 2.26. The van der Waals surface area contributed by atoms with Crippen molar-refractivity contribution < 1.29 is 4.74 Å². The topological polar surface area (TPSA) is 47.0 Å². The maximum atomic E-state index is 6.01. The normalized spacial score (nSPS) is 16.3. The Bertz CT molecular complexity index is 408. The molecule has 1 aliphatic carbocycles. The minimum Gasteiger partial charge on any atom is -0.374 e. The van der Waals surface area contributed by atoms with Gasteiger partial charge in [-0.2, -0.15) is 0 Å². The number of nitrogens with zero attached hydrogens (tertiary/aromatic N) is 2. The lowest BCUT2D eigenvalue weighted by Gasteiger charge is -2.21. The lowest BCUT2D eigenvalue weighted by molar-refractivity contribution is 0.128.